The molecular weight excluding hydrogens is 339 g/mol. The fourth-order valence-electron chi connectivity index (χ4n) is 3.92. The van der Waals surface area contributed by atoms with Gasteiger partial charge in [0.1, 0.15) is 11.4 Å². The number of allylic oxidation sites excluding steroid dienone is 1. The smallest absolute Gasteiger partial charge is 0.170 e. The van der Waals surface area contributed by atoms with Crippen LogP contribution in [-0.2, 0) is 10.4 Å². The molecule has 0 fully saturated rings. The number of rotatable bonds is 3. The first-order valence-corrected chi connectivity index (χ1v) is 8.92. The molecule has 0 saturated carbocycles. The van der Waals surface area contributed by atoms with Gasteiger partial charge in [0.05, 0.1) is 5.92 Å². The van der Waals surface area contributed by atoms with Crippen molar-refractivity contribution in [3.63, 3.8) is 0 Å². The first-order chi connectivity index (χ1) is 13.0. The third kappa shape index (κ3) is 2.63. The molecule has 0 aliphatic heterocycles. The molecule has 4 rings (SSSR count). The number of Topliss-reactive ketones (excluding diaryl/α,β-unsaturated/α-hetero) is 1. The molecule has 2 atom stereocenters. The number of benzene rings is 3. The molecular formula is C24H19FO2. The van der Waals surface area contributed by atoms with Crippen molar-refractivity contribution in [2.75, 3.05) is 0 Å². The lowest BCUT2D eigenvalue weighted by atomic mass is 9.78. The molecule has 1 N–H and O–H groups in total. The summed E-state index contributed by atoms with van der Waals surface area (Å²) in [5.74, 6) is -1.38. The summed E-state index contributed by atoms with van der Waals surface area (Å²) in [7, 11) is 0. The normalized spacial score (nSPS) is 22.3. The van der Waals surface area contributed by atoms with Gasteiger partial charge < -0.3 is 5.11 Å². The number of carbonyl (C=O) groups excluding carboxylic acids is 1. The molecule has 0 aromatic heterocycles. The van der Waals surface area contributed by atoms with Crippen LogP contribution in [-0.4, -0.2) is 10.9 Å². The second-order valence-electron chi connectivity index (χ2n) is 6.81. The molecule has 1 aliphatic carbocycles. The van der Waals surface area contributed by atoms with Gasteiger partial charge in [-0.15, -0.1) is 0 Å². The molecule has 0 saturated heterocycles. The SMILES string of the molecule is CC1C(=O)C(c2ccccc2)=C(c2ccccc2F)C1(O)c1ccccc1. The number of aliphatic hydroxyl groups is 1. The summed E-state index contributed by atoms with van der Waals surface area (Å²) in [4.78, 5) is 13.2. The highest BCUT2D eigenvalue weighted by molar-refractivity contribution is 6.33. The maximum absolute atomic E-state index is 14.8. The lowest BCUT2D eigenvalue weighted by Gasteiger charge is -2.31. The van der Waals surface area contributed by atoms with Crippen LogP contribution in [0.5, 0.6) is 0 Å². The molecule has 134 valence electrons. The second kappa shape index (κ2) is 6.60. The van der Waals surface area contributed by atoms with E-state index in [9.17, 15) is 14.3 Å². The van der Waals surface area contributed by atoms with Gasteiger partial charge >= 0.3 is 0 Å². The summed E-state index contributed by atoms with van der Waals surface area (Å²) in [5.41, 5.74) is 0.607. The van der Waals surface area contributed by atoms with E-state index in [-0.39, 0.29) is 11.3 Å². The van der Waals surface area contributed by atoms with E-state index in [2.05, 4.69) is 0 Å². The van der Waals surface area contributed by atoms with E-state index in [0.29, 0.717) is 22.3 Å². The second-order valence-corrected chi connectivity index (χ2v) is 6.81. The Morgan fingerprint density at radius 3 is 2.04 bits per heavy atom. The zero-order valence-corrected chi connectivity index (χ0v) is 14.9. The molecule has 0 spiro atoms. The summed E-state index contributed by atoms with van der Waals surface area (Å²) in [6.45, 7) is 1.70. The lowest BCUT2D eigenvalue weighted by molar-refractivity contribution is -0.121. The molecule has 2 nitrogen and oxygen atoms in total. The van der Waals surface area contributed by atoms with Crippen LogP contribution in [0.1, 0.15) is 23.6 Å². The minimum absolute atomic E-state index is 0.189. The Bertz CT molecular complexity index is 1020. The highest BCUT2D eigenvalue weighted by atomic mass is 19.1. The molecule has 0 bridgehead atoms. The number of hydrogen-bond acceptors (Lipinski definition) is 2. The van der Waals surface area contributed by atoms with E-state index >= 15 is 0 Å². The average Bonchev–Trinajstić information content (AvgIpc) is 2.92. The van der Waals surface area contributed by atoms with Crippen molar-refractivity contribution in [2.45, 2.75) is 12.5 Å². The topological polar surface area (TPSA) is 37.3 Å². The Balaban J connectivity index is 2.09. The quantitative estimate of drug-likeness (QED) is 0.727. The van der Waals surface area contributed by atoms with Gasteiger partial charge in [-0.25, -0.2) is 4.39 Å². The van der Waals surface area contributed by atoms with Crippen LogP contribution < -0.4 is 0 Å². The Labute approximate surface area is 157 Å². The molecule has 0 radical (unpaired) electrons. The fraction of sp³-hybridized carbons (Fsp3) is 0.125. The standard InChI is InChI=1S/C24H19FO2/c1-16-23(26)21(17-10-4-2-5-11-17)22(19-14-8-9-15-20(19)25)24(16,27)18-12-6-3-7-13-18/h2-16,27H,1H3. The molecule has 27 heavy (non-hydrogen) atoms. The van der Waals surface area contributed by atoms with Gasteiger partial charge in [0, 0.05) is 16.7 Å². The third-order valence-corrected chi connectivity index (χ3v) is 5.32. The summed E-state index contributed by atoms with van der Waals surface area (Å²) in [6.07, 6.45) is 0. The Morgan fingerprint density at radius 1 is 0.852 bits per heavy atom. The predicted octanol–water partition coefficient (Wildman–Crippen LogP) is 4.84. The molecule has 3 heteroatoms. The first-order valence-electron chi connectivity index (χ1n) is 8.92. The van der Waals surface area contributed by atoms with E-state index in [0.717, 1.165) is 0 Å². The van der Waals surface area contributed by atoms with Crippen molar-refractivity contribution < 1.29 is 14.3 Å². The molecule has 3 aromatic rings. The lowest BCUT2D eigenvalue weighted by Crippen LogP contribution is -2.34. The molecule has 0 heterocycles. The summed E-state index contributed by atoms with van der Waals surface area (Å²) in [6, 6.07) is 24.5. The third-order valence-electron chi connectivity index (χ3n) is 5.32. The van der Waals surface area contributed by atoms with Crippen molar-refractivity contribution in [1.29, 1.82) is 0 Å². The van der Waals surface area contributed by atoms with Crippen LogP contribution in [0.3, 0.4) is 0 Å². The molecule has 0 amide bonds. The van der Waals surface area contributed by atoms with Gasteiger partial charge in [-0.2, -0.15) is 0 Å². The van der Waals surface area contributed by atoms with Crippen LogP contribution in [0.4, 0.5) is 4.39 Å². The van der Waals surface area contributed by atoms with E-state index in [4.69, 9.17) is 0 Å². The van der Waals surface area contributed by atoms with E-state index in [1.807, 2.05) is 48.5 Å². The van der Waals surface area contributed by atoms with Crippen molar-refractivity contribution in [3.8, 4) is 0 Å². The van der Waals surface area contributed by atoms with Crippen LogP contribution in [0.25, 0.3) is 11.1 Å². The summed E-state index contributed by atoms with van der Waals surface area (Å²) in [5, 5.41) is 11.8. The zero-order valence-electron chi connectivity index (χ0n) is 14.9. The van der Waals surface area contributed by atoms with Crippen LogP contribution >= 0.6 is 0 Å². The van der Waals surface area contributed by atoms with Gasteiger partial charge in [0.15, 0.2) is 5.78 Å². The molecule has 1 aliphatic rings. The van der Waals surface area contributed by atoms with Crippen molar-refractivity contribution in [3.05, 3.63) is 107 Å². The number of carbonyl (C=O) groups is 1. The molecule has 3 aromatic carbocycles. The summed E-state index contributed by atoms with van der Waals surface area (Å²) < 4.78 is 14.8. The number of halogens is 1. The highest BCUT2D eigenvalue weighted by Gasteiger charge is 2.52. The molecule has 2 unspecified atom stereocenters. The van der Waals surface area contributed by atoms with Crippen molar-refractivity contribution in [1.82, 2.24) is 0 Å². The Morgan fingerprint density at radius 2 is 1.41 bits per heavy atom. The minimum Gasteiger partial charge on any atom is -0.380 e. The largest absolute Gasteiger partial charge is 0.380 e. The van der Waals surface area contributed by atoms with Gasteiger partial charge in [-0.05, 0) is 17.2 Å². The highest BCUT2D eigenvalue weighted by Crippen LogP contribution is 2.53. The minimum atomic E-state index is -1.61. The maximum Gasteiger partial charge on any atom is 0.170 e. The average molecular weight is 358 g/mol. The van der Waals surface area contributed by atoms with Crippen molar-refractivity contribution >= 4 is 16.9 Å². The van der Waals surface area contributed by atoms with Gasteiger partial charge in [-0.3, -0.25) is 4.79 Å². The van der Waals surface area contributed by atoms with Crippen LogP contribution in [0.2, 0.25) is 0 Å². The van der Waals surface area contributed by atoms with Gasteiger partial charge in [0.25, 0.3) is 0 Å². The zero-order chi connectivity index (χ0) is 19.0. The van der Waals surface area contributed by atoms with Gasteiger partial charge in [0.2, 0.25) is 0 Å². The first kappa shape index (κ1) is 17.4. The van der Waals surface area contributed by atoms with Gasteiger partial charge in [-0.1, -0.05) is 85.8 Å². The van der Waals surface area contributed by atoms with E-state index in [1.54, 1.807) is 37.3 Å². The maximum atomic E-state index is 14.8. The Hall–Kier alpha value is -3.04. The monoisotopic (exact) mass is 358 g/mol. The number of ketones is 1. The number of hydrogen-bond donors (Lipinski definition) is 1. The van der Waals surface area contributed by atoms with E-state index in [1.165, 1.54) is 6.07 Å². The predicted molar refractivity (Wildman–Crippen MR) is 104 cm³/mol. The summed E-state index contributed by atoms with van der Waals surface area (Å²) >= 11 is 0. The van der Waals surface area contributed by atoms with E-state index < -0.39 is 17.3 Å². The van der Waals surface area contributed by atoms with Crippen LogP contribution in [0, 0.1) is 11.7 Å². The fourth-order valence-corrected chi connectivity index (χ4v) is 3.92. The Kier molecular flexibility index (Phi) is 4.25. The van der Waals surface area contributed by atoms with Crippen molar-refractivity contribution in [2.24, 2.45) is 5.92 Å². The van der Waals surface area contributed by atoms with Crippen LogP contribution in [0.15, 0.2) is 84.9 Å².